The zero-order chi connectivity index (χ0) is 15.2. The van der Waals surface area contributed by atoms with E-state index >= 15 is 0 Å². The highest BCUT2D eigenvalue weighted by atomic mass is 16.4. The van der Waals surface area contributed by atoms with E-state index in [1.807, 2.05) is 6.92 Å². The highest BCUT2D eigenvalue weighted by molar-refractivity contribution is 5.99. The molecule has 0 atom stereocenters. The van der Waals surface area contributed by atoms with E-state index in [0.717, 1.165) is 5.69 Å². The first-order valence-corrected chi connectivity index (χ1v) is 6.20. The first kappa shape index (κ1) is 14.4. The summed E-state index contributed by atoms with van der Waals surface area (Å²) in [4.78, 5) is 30.3. The molecule has 2 rings (SSSR count). The van der Waals surface area contributed by atoms with Crippen LogP contribution < -0.4 is 10.6 Å². The molecule has 21 heavy (non-hydrogen) atoms. The van der Waals surface area contributed by atoms with Crippen LogP contribution in [0.25, 0.3) is 0 Å². The number of carboxylic acid groups (broad SMARTS) is 1. The molecule has 0 aromatic carbocycles. The summed E-state index contributed by atoms with van der Waals surface area (Å²) in [5.41, 5.74) is 2.34. The summed E-state index contributed by atoms with van der Waals surface area (Å²) in [6.07, 6.45) is 2.82. The third-order valence-corrected chi connectivity index (χ3v) is 2.58. The largest absolute Gasteiger partial charge is 0.481 e. The van der Waals surface area contributed by atoms with Gasteiger partial charge >= 0.3 is 12.0 Å². The molecule has 7 nitrogen and oxygen atoms in total. The molecule has 0 fully saturated rings. The fraction of sp³-hybridized carbons (Fsp3) is 0.143. The molecular weight excluding hydrogens is 272 g/mol. The van der Waals surface area contributed by atoms with Crippen molar-refractivity contribution in [1.82, 2.24) is 9.97 Å². The maximum atomic E-state index is 11.8. The lowest BCUT2D eigenvalue weighted by Gasteiger charge is -2.07. The number of carbonyl (C=O) groups excluding carboxylic acids is 1. The molecule has 0 bridgehead atoms. The van der Waals surface area contributed by atoms with Gasteiger partial charge in [0.1, 0.15) is 0 Å². The number of aryl methyl sites for hydroxylation is 1. The number of pyridine rings is 2. The lowest BCUT2D eigenvalue weighted by atomic mass is 10.2. The zero-order valence-electron chi connectivity index (χ0n) is 11.3. The van der Waals surface area contributed by atoms with Crippen LogP contribution >= 0.6 is 0 Å². The number of aliphatic carboxylic acids is 1. The normalized spacial score (nSPS) is 9.95. The molecule has 2 amide bonds. The van der Waals surface area contributed by atoms with Crippen molar-refractivity contribution >= 4 is 23.4 Å². The van der Waals surface area contributed by atoms with Gasteiger partial charge in [-0.2, -0.15) is 0 Å². The molecule has 3 N–H and O–H groups in total. The first-order chi connectivity index (χ1) is 10.0. The van der Waals surface area contributed by atoms with Gasteiger partial charge in [0.25, 0.3) is 0 Å². The molecule has 0 aliphatic heterocycles. The molecule has 0 unspecified atom stereocenters. The monoisotopic (exact) mass is 286 g/mol. The average molecular weight is 286 g/mol. The second-order valence-corrected chi connectivity index (χ2v) is 4.38. The Labute approximate surface area is 121 Å². The van der Waals surface area contributed by atoms with E-state index in [-0.39, 0.29) is 6.42 Å². The highest BCUT2D eigenvalue weighted by Gasteiger charge is 2.05. The van der Waals surface area contributed by atoms with Crippen LogP contribution in [0.15, 0.2) is 36.7 Å². The van der Waals surface area contributed by atoms with E-state index < -0.39 is 12.0 Å². The van der Waals surface area contributed by atoms with E-state index in [2.05, 4.69) is 20.6 Å². The number of rotatable bonds is 4. The Morgan fingerprint density at radius 1 is 1.05 bits per heavy atom. The van der Waals surface area contributed by atoms with Gasteiger partial charge in [-0.15, -0.1) is 0 Å². The van der Waals surface area contributed by atoms with Crippen molar-refractivity contribution in [2.75, 3.05) is 10.6 Å². The molecule has 0 radical (unpaired) electrons. The molecule has 0 aliphatic rings. The molecule has 2 aromatic heterocycles. The van der Waals surface area contributed by atoms with Crippen LogP contribution in [0.3, 0.4) is 0 Å². The number of aromatic nitrogens is 2. The number of nitrogens with one attached hydrogen (secondary N) is 2. The van der Waals surface area contributed by atoms with E-state index in [4.69, 9.17) is 5.11 Å². The van der Waals surface area contributed by atoms with Gasteiger partial charge in [-0.25, -0.2) is 4.79 Å². The summed E-state index contributed by atoms with van der Waals surface area (Å²) < 4.78 is 0. The number of nitrogens with zero attached hydrogens (tertiary/aromatic N) is 2. The van der Waals surface area contributed by atoms with Crippen LogP contribution in [0.5, 0.6) is 0 Å². The number of amides is 2. The van der Waals surface area contributed by atoms with E-state index in [0.29, 0.717) is 17.1 Å². The lowest BCUT2D eigenvalue weighted by Crippen LogP contribution is -2.19. The van der Waals surface area contributed by atoms with Crippen LogP contribution in [-0.4, -0.2) is 27.1 Å². The van der Waals surface area contributed by atoms with Gasteiger partial charge in [0.2, 0.25) is 0 Å². The van der Waals surface area contributed by atoms with Crippen molar-refractivity contribution < 1.29 is 14.7 Å². The summed E-state index contributed by atoms with van der Waals surface area (Å²) >= 11 is 0. The molecule has 2 aromatic rings. The number of hydrogen-bond acceptors (Lipinski definition) is 4. The lowest BCUT2D eigenvalue weighted by molar-refractivity contribution is -0.136. The molecule has 0 saturated heterocycles. The highest BCUT2D eigenvalue weighted by Crippen LogP contribution is 2.09. The third kappa shape index (κ3) is 4.57. The molecule has 7 heteroatoms. The summed E-state index contributed by atoms with van der Waals surface area (Å²) in [6.45, 7) is 1.86. The SMILES string of the molecule is Cc1ccc(NC(=O)Nc2ccc(CC(=O)O)nc2)cn1. The van der Waals surface area contributed by atoms with Gasteiger partial charge in [-0.3, -0.25) is 14.8 Å². The van der Waals surface area contributed by atoms with Crippen molar-refractivity contribution in [2.24, 2.45) is 0 Å². The second-order valence-electron chi connectivity index (χ2n) is 4.38. The van der Waals surface area contributed by atoms with Gasteiger partial charge in [0.05, 0.1) is 35.9 Å². The van der Waals surface area contributed by atoms with Crippen molar-refractivity contribution in [3.63, 3.8) is 0 Å². The Morgan fingerprint density at radius 3 is 2.14 bits per heavy atom. The fourth-order valence-corrected chi connectivity index (χ4v) is 1.59. The van der Waals surface area contributed by atoms with E-state index in [9.17, 15) is 9.59 Å². The smallest absolute Gasteiger partial charge is 0.323 e. The Morgan fingerprint density at radius 2 is 1.67 bits per heavy atom. The van der Waals surface area contributed by atoms with Crippen molar-refractivity contribution in [2.45, 2.75) is 13.3 Å². The van der Waals surface area contributed by atoms with Gasteiger partial charge < -0.3 is 15.7 Å². The van der Waals surface area contributed by atoms with E-state index in [1.54, 1.807) is 30.5 Å². The Balaban J connectivity index is 1.93. The maximum Gasteiger partial charge on any atom is 0.323 e. The van der Waals surface area contributed by atoms with Crippen LogP contribution in [0.4, 0.5) is 16.2 Å². The Kier molecular flexibility index (Phi) is 4.45. The van der Waals surface area contributed by atoms with Crippen molar-refractivity contribution in [3.05, 3.63) is 48.0 Å². The molecule has 108 valence electrons. The minimum atomic E-state index is -0.951. The number of carboxylic acids is 1. The third-order valence-electron chi connectivity index (χ3n) is 2.58. The molecule has 0 saturated carbocycles. The Bertz CT molecular complexity index is 638. The summed E-state index contributed by atoms with van der Waals surface area (Å²) in [5.74, 6) is -0.951. The minimum absolute atomic E-state index is 0.151. The second kappa shape index (κ2) is 6.47. The van der Waals surface area contributed by atoms with Crippen molar-refractivity contribution in [1.29, 1.82) is 0 Å². The number of carbonyl (C=O) groups is 2. The zero-order valence-corrected chi connectivity index (χ0v) is 11.3. The van der Waals surface area contributed by atoms with E-state index in [1.165, 1.54) is 6.20 Å². The van der Waals surface area contributed by atoms with Crippen LogP contribution in [0, 0.1) is 6.92 Å². The van der Waals surface area contributed by atoms with Crippen molar-refractivity contribution in [3.8, 4) is 0 Å². The predicted molar refractivity (Wildman–Crippen MR) is 77.2 cm³/mol. The fourth-order valence-electron chi connectivity index (χ4n) is 1.59. The van der Waals surface area contributed by atoms with Gasteiger partial charge in [0.15, 0.2) is 0 Å². The molecule has 2 heterocycles. The number of urea groups is 1. The quantitative estimate of drug-likeness (QED) is 0.798. The van der Waals surface area contributed by atoms with Gasteiger partial charge in [0, 0.05) is 5.69 Å². The van der Waals surface area contributed by atoms with Crippen LogP contribution in [0.1, 0.15) is 11.4 Å². The van der Waals surface area contributed by atoms with Gasteiger partial charge in [-0.1, -0.05) is 0 Å². The molecule has 0 aliphatic carbocycles. The number of hydrogen-bond donors (Lipinski definition) is 3. The summed E-state index contributed by atoms with van der Waals surface area (Å²) in [7, 11) is 0. The number of anilines is 2. The minimum Gasteiger partial charge on any atom is -0.481 e. The van der Waals surface area contributed by atoms with Gasteiger partial charge in [-0.05, 0) is 31.2 Å². The maximum absolute atomic E-state index is 11.8. The Hall–Kier alpha value is -2.96. The molecule has 0 spiro atoms. The summed E-state index contributed by atoms with van der Waals surface area (Å²) in [6, 6.07) is 6.26. The standard InChI is InChI=1S/C14H14N4O3/c1-9-2-3-11(7-15-9)17-14(21)18-12-5-4-10(16-8-12)6-13(19)20/h2-5,7-8H,6H2,1H3,(H,19,20)(H2,17,18,21). The topological polar surface area (TPSA) is 104 Å². The first-order valence-electron chi connectivity index (χ1n) is 6.20. The summed E-state index contributed by atoms with van der Waals surface area (Å²) in [5, 5.41) is 13.9. The predicted octanol–water partition coefficient (Wildman–Crippen LogP) is 2.06. The van der Waals surface area contributed by atoms with Crippen LogP contribution in [0.2, 0.25) is 0 Å². The average Bonchev–Trinajstić information content (AvgIpc) is 2.43. The van der Waals surface area contributed by atoms with Crippen LogP contribution in [-0.2, 0) is 11.2 Å². The molecular formula is C14H14N4O3.